The van der Waals surface area contributed by atoms with Crippen LogP contribution in [0.1, 0.15) is 29.0 Å². The van der Waals surface area contributed by atoms with Gasteiger partial charge in [0.2, 0.25) is 0 Å². The lowest BCUT2D eigenvalue weighted by Gasteiger charge is -2.11. The minimum absolute atomic E-state index is 0.416. The van der Waals surface area contributed by atoms with Crippen LogP contribution in [-0.2, 0) is 0 Å². The molecule has 4 rings (SSSR count). The number of pyridine rings is 1. The Kier molecular flexibility index (Phi) is 1.79. The van der Waals surface area contributed by atoms with Gasteiger partial charge in [0.1, 0.15) is 11.3 Å². The summed E-state index contributed by atoms with van der Waals surface area (Å²) in [6, 6.07) is -10.4. The third-order valence-corrected chi connectivity index (χ3v) is 3.69. The SMILES string of the molecule is [2H]c1c([2H])c([2H])c(-c2c([2H])c([2H])c([O][Al][O]c3c([2H])c([2H])c([2H])c4c([2H])c([2H])c(C([2H])([2H])[2H])nc34)c([2H])c2[2H])c([2H])c1[2H]. The number of aryl methyl sites for hydroxylation is 1. The van der Waals surface area contributed by atoms with Gasteiger partial charge in [-0.25, -0.2) is 4.98 Å². The van der Waals surface area contributed by atoms with Crippen molar-refractivity contribution in [3.63, 3.8) is 0 Å². The fourth-order valence-corrected chi connectivity index (χ4v) is 2.44. The minimum atomic E-state index is -2.94. The van der Waals surface area contributed by atoms with Gasteiger partial charge in [-0.05, 0) is 42.1 Å². The molecule has 0 saturated carbocycles. The molecule has 0 amide bonds. The Balaban J connectivity index is 1.81. The molecule has 0 aliphatic carbocycles. The molecule has 1 radical (unpaired) electrons. The van der Waals surface area contributed by atoms with Crippen LogP contribution < -0.4 is 7.58 Å². The third-order valence-electron chi connectivity index (χ3n) is 3.03. The molecule has 0 aliphatic heterocycles. The highest BCUT2D eigenvalue weighted by Gasteiger charge is 2.10. The first-order valence-electron chi connectivity index (χ1n) is 15.6. The zero-order chi connectivity index (χ0) is 32.5. The molecule has 0 atom stereocenters. The van der Waals surface area contributed by atoms with Crippen molar-refractivity contribution in [2.24, 2.45) is 0 Å². The molecule has 0 saturated heterocycles. The van der Waals surface area contributed by atoms with E-state index in [1.165, 1.54) is 0 Å². The van der Waals surface area contributed by atoms with Gasteiger partial charge >= 0.3 is 15.9 Å². The van der Waals surface area contributed by atoms with E-state index in [4.69, 9.17) is 30.9 Å². The van der Waals surface area contributed by atoms with Crippen molar-refractivity contribution in [1.29, 1.82) is 0 Å². The van der Waals surface area contributed by atoms with Crippen molar-refractivity contribution in [3.8, 4) is 22.6 Å². The minimum Gasteiger partial charge on any atom is -0.616 e. The van der Waals surface area contributed by atoms with Crippen LogP contribution in [0, 0.1) is 6.85 Å². The van der Waals surface area contributed by atoms with Gasteiger partial charge in [0.05, 0.1) is 24.9 Å². The molecule has 0 fully saturated rings. The highest BCUT2D eigenvalue weighted by atomic mass is 27.2. The lowest BCUT2D eigenvalue weighted by molar-refractivity contribution is 0.461. The van der Waals surface area contributed by atoms with E-state index in [2.05, 4.69) is 4.98 Å². The molecular formula is C22H17AlNO2. The number of hydrogen-bond donors (Lipinski definition) is 0. The normalized spacial score (nSPS) is 20.2. The van der Waals surface area contributed by atoms with Gasteiger partial charge in [-0.15, -0.1) is 0 Å². The van der Waals surface area contributed by atoms with Crippen molar-refractivity contribution in [2.45, 2.75) is 6.85 Å². The molecule has 1 aromatic heterocycles. The highest BCUT2D eigenvalue weighted by Crippen LogP contribution is 2.25. The second-order valence-electron chi connectivity index (χ2n) is 4.67. The maximum atomic E-state index is 8.40. The third kappa shape index (κ3) is 3.72. The number of fused-ring (bicyclic) bond motifs is 1. The van der Waals surface area contributed by atoms with E-state index in [0.717, 1.165) is 0 Å². The van der Waals surface area contributed by atoms with Gasteiger partial charge in [0, 0.05) is 15.2 Å². The molecule has 0 N–H and O–H groups in total. The summed E-state index contributed by atoms with van der Waals surface area (Å²) in [5.74, 6) is -1.21. The van der Waals surface area contributed by atoms with Crippen molar-refractivity contribution in [1.82, 2.24) is 4.98 Å². The van der Waals surface area contributed by atoms with Gasteiger partial charge < -0.3 is 7.58 Å². The molecule has 3 nitrogen and oxygen atoms in total. The molecule has 1 heterocycles. The summed E-state index contributed by atoms with van der Waals surface area (Å²) in [5, 5.41) is -0.416. The zero-order valence-electron chi connectivity index (χ0n) is 29.8. The second-order valence-corrected chi connectivity index (χ2v) is 5.34. The van der Waals surface area contributed by atoms with Gasteiger partial charge in [-0.3, -0.25) is 0 Å². The van der Waals surface area contributed by atoms with Gasteiger partial charge in [0.25, 0.3) is 0 Å². The second kappa shape index (κ2) is 7.62. The summed E-state index contributed by atoms with van der Waals surface area (Å²) < 4.78 is 148. The van der Waals surface area contributed by atoms with E-state index in [-0.39, 0.29) is 0 Å². The van der Waals surface area contributed by atoms with Gasteiger partial charge in [-0.1, -0.05) is 60.4 Å². The molecule has 0 aliphatic rings. The van der Waals surface area contributed by atoms with Crippen LogP contribution in [0.3, 0.4) is 0 Å². The molecule has 0 spiro atoms. The molecule has 0 bridgehead atoms. The number of aromatic nitrogens is 1. The molecule has 3 aromatic carbocycles. The Morgan fingerprint density at radius 3 is 2.42 bits per heavy atom. The van der Waals surface area contributed by atoms with Crippen LogP contribution in [0.5, 0.6) is 11.5 Å². The molecule has 4 heteroatoms. The highest BCUT2D eigenvalue weighted by molar-refractivity contribution is 6.21. The van der Waals surface area contributed by atoms with Crippen LogP contribution in [0.2, 0.25) is 0 Å². The standard InChI is InChI=1S/C12H10O.C10H9NO.Al/c13-12-8-6-11(7-9-12)10-4-2-1-3-5-10;1-7-5-6-8-3-2-4-9(12)10(8)11-7;/h1-9,13H;2-6,12H,1H3;/q;;+2/p-2/i1D,2D,3D,4D,5D,6D,7D,8D,9D;1D3,2D,3D,4D,5D,6D;. The summed E-state index contributed by atoms with van der Waals surface area (Å²) in [6.07, 6.45) is 0. The molecule has 125 valence electrons. The average molecular weight is 371 g/mol. The molecule has 26 heavy (non-hydrogen) atoms. The Labute approximate surface area is 183 Å². The maximum Gasteiger partial charge on any atom is 0.881 e. The Hall–Kier alpha value is -2.80. The van der Waals surface area contributed by atoms with Gasteiger partial charge in [0.15, 0.2) is 0 Å². The van der Waals surface area contributed by atoms with Crippen LogP contribution in [0.15, 0.2) is 84.6 Å². The van der Waals surface area contributed by atoms with E-state index < -0.39 is 147 Å². The van der Waals surface area contributed by atoms with Crippen LogP contribution in [0.25, 0.3) is 22.0 Å². The Morgan fingerprint density at radius 1 is 0.808 bits per heavy atom. The van der Waals surface area contributed by atoms with Crippen molar-refractivity contribution >= 4 is 26.8 Å². The first-order valence-corrected chi connectivity index (χ1v) is 8.02. The van der Waals surface area contributed by atoms with E-state index >= 15 is 0 Å². The summed E-state index contributed by atoms with van der Waals surface area (Å²) in [5.41, 5.74) is -2.37. The van der Waals surface area contributed by atoms with Crippen molar-refractivity contribution < 1.29 is 30.9 Å². The summed E-state index contributed by atoms with van der Waals surface area (Å²) in [4.78, 5) is 3.87. The molecular weight excluding hydrogens is 337 g/mol. The fourth-order valence-electron chi connectivity index (χ4n) is 1.91. The van der Waals surface area contributed by atoms with Crippen molar-refractivity contribution in [2.75, 3.05) is 0 Å². The van der Waals surface area contributed by atoms with Crippen LogP contribution in [0.4, 0.5) is 0 Å². The van der Waals surface area contributed by atoms with Crippen molar-refractivity contribution in [3.05, 3.63) is 90.3 Å². The van der Waals surface area contributed by atoms with Crippen LogP contribution >= 0.6 is 0 Å². The fraction of sp³-hybridized carbons (Fsp3) is 0.0455. The van der Waals surface area contributed by atoms with E-state index in [0.29, 0.717) is 0 Å². The Bertz CT molecular complexity index is 1780. The van der Waals surface area contributed by atoms with E-state index in [1.54, 1.807) is 0 Å². The van der Waals surface area contributed by atoms with Crippen LogP contribution in [-0.4, -0.2) is 20.9 Å². The molecule has 4 aromatic rings. The van der Waals surface area contributed by atoms with E-state index in [9.17, 15) is 0 Å². The number of rotatable bonds is 5. The number of nitrogens with zero attached hydrogens (tertiary/aromatic N) is 1. The smallest absolute Gasteiger partial charge is 0.616 e. The van der Waals surface area contributed by atoms with E-state index in [1.807, 2.05) is 0 Å². The average Bonchev–Trinajstić information content (AvgIpc) is 2.94. The summed E-state index contributed by atoms with van der Waals surface area (Å²) in [6.45, 7) is -2.94. The topological polar surface area (TPSA) is 31.4 Å². The monoisotopic (exact) mass is 371 g/mol. The first kappa shape index (κ1) is 6.13. The van der Waals surface area contributed by atoms with Gasteiger partial charge in [-0.2, -0.15) is 0 Å². The first-order chi connectivity index (χ1) is 19.8. The predicted octanol–water partition coefficient (Wildman–Crippen LogP) is 5.20. The summed E-state index contributed by atoms with van der Waals surface area (Å²) >= 11 is -1.88. The number of para-hydroxylation sites is 1. The quantitative estimate of drug-likeness (QED) is 0.452. The predicted molar refractivity (Wildman–Crippen MR) is 105 cm³/mol. The summed E-state index contributed by atoms with van der Waals surface area (Å²) in [7, 11) is 0. The number of hydrogen-bond acceptors (Lipinski definition) is 3. The lowest BCUT2D eigenvalue weighted by atomic mass is 10.1. The number of benzene rings is 3. The molecule has 0 unspecified atom stereocenters. The zero-order valence-corrected chi connectivity index (χ0v) is 14.0. The largest absolute Gasteiger partial charge is 0.881 e. The lowest BCUT2D eigenvalue weighted by Crippen LogP contribution is -2.11. The maximum absolute atomic E-state index is 8.40. The Morgan fingerprint density at radius 2 is 1.62 bits per heavy atom.